The largest absolute Gasteiger partial charge is 0.480 e. The normalized spacial score (nSPS) is 11.8. The van der Waals surface area contributed by atoms with Gasteiger partial charge in [0, 0.05) is 37.7 Å². The zero-order valence-corrected chi connectivity index (χ0v) is 10.1. The first-order chi connectivity index (χ1) is 5.22. The van der Waals surface area contributed by atoms with Gasteiger partial charge in [-0.05, 0) is 18.4 Å². The molecule has 0 aromatic rings. The molecule has 3 N–H and O–H groups in total. The number of thioether (sulfide) groups is 1. The van der Waals surface area contributed by atoms with E-state index in [4.69, 9.17) is 10.2 Å². The van der Waals surface area contributed by atoms with Gasteiger partial charge in [0.2, 0.25) is 0 Å². The molecule has 0 heterocycles. The van der Waals surface area contributed by atoms with E-state index in [-0.39, 0.29) is 44.5 Å². The maximum Gasteiger partial charge on any atom is 0.320 e. The van der Waals surface area contributed by atoms with E-state index in [0.717, 1.165) is 5.75 Å². The first-order valence-corrected chi connectivity index (χ1v) is 4.67. The van der Waals surface area contributed by atoms with Crippen LogP contribution in [0.4, 0.5) is 0 Å². The van der Waals surface area contributed by atoms with Crippen LogP contribution in [0, 0.1) is 0 Å². The first-order valence-electron chi connectivity index (χ1n) is 3.28. The summed E-state index contributed by atoms with van der Waals surface area (Å²) in [6.45, 7) is -0.286. The molecule has 0 aromatic carbocycles. The Labute approximate surface area is 106 Å². The summed E-state index contributed by atoms with van der Waals surface area (Å²) in [5, 5.41) is 19.4. The summed E-state index contributed by atoms with van der Waals surface area (Å²) in [5.41, 5.74) is 0. The number of rotatable bonds is 6. The van der Waals surface area contributed by atoms with Gasteiger partial charge in [0.1, 0.15) is 6.04 Å². The monoisotopic (exact) mass is 219 g/mol. The number of carboxylic acid groups (broad SMARTS) is 1. The number of aliphatic carboxylic acids is 1. The van der Waals surface area contributed by atoms with Gasteiger partial charge in [0.05, 0.1) is 6.73 Å². The van der Waals surface area contributed by atoms with Gasteiger partial charge in [-0.15, -0.1) is 0 Å². The van der Waals surface area contributed by atoms with E-state index < -0.39 is 12.0 Å². The van der Waals surface area contributed by atoms with Crippen molar-refractivity contribution >= 4 is 55.5 Å². The van der Waals surface area contributed by atoms with Crippen LogP contribution in [0.15, 0.2) is 0 Å². The Morgan fingerprint density at radius 1 is 1.67 bits per heavy atom. The van der Waals surface area contributed by atoms with Crippen LogP contribution in [0.5, 0.6) is 0 Å². The minimum Gasteiger partial charge on any atom is -0.480 e. The van der Waals surface area contributed by atoms with Crippen LogP contribution in [0.3, 0.4) is 0 Å². The van der Waals surface area contributed by atoms with Crippen molar-refractivity contribution in [2.45, 2.75) is 12.5 Å². The number of hydrogen-bond acceptors (Lipinski definition) is 4. The Hall–Kier alpha value is 1.000. The molecule has 1 atom stereocenters. The second-order valence-electron chi connectivity index (χ2n) is 2.03. The van der Waals surface area contributed by atoms with Crippen LogP contribution < -0.4 is 5.32 Å². The van der Waals surface area contributed by atoms with E-state index in [1.54, 1.807) is 11.8 Å². The van der Waals surface area contributed by atoms with Crippen molar-refractivity contribution in [1.29, 1.82) is 0 Å². The third-order valence-corrected chi connectivity index (χ3v) is 1.89. The number of hydrogen-bond donors (Lipinski definition) is 3. The van der Waals surface area contributed by atoms with Gasteiger partial charge in [0.15, 0.2) is 0 Å². The van der Waals surface area contributed by atoms with Gasteiger partial charge in [-0.2, -0.15) is 11.8 Å². The molecule has 6 heteroatoms. The van der Waals surface area contributed by atoms with Crippen molar-refractivity contribution in [2.75, 3.05) is 18.7 Å². The molecule has 12 heavy (non-hydrogen) atoms. The zero-order valence-electron chi connectivity index (χ0n) is 7.12. The van der Waals surface area contributed by atoms with Crippen LogP contribution in [0.2, 0.25) is 0 Å². The van der Waals surface area contributed by atoms with Gasteiger partial charge in [0.25, 0.3) is 0 Å². The van der Waals surface area contributed by atoms with E-state index in [0.29, 0.717) is 6.42 Å². The summed E-state index contributed by atoms with van der Waals surface area (Å²) < 4.78 is 0. The van der Waals surface area contributed by atoms with E-state index in [1.165, 1.54) is 0 Å². The van der Waals surface area contributed by atoms with E-state index in [1.807, 2.05) is 6.26 Å². The van der Waals surface area contributed by atoms with Crippen molar-refractivity contribution in [3.05, 3.63) is 0 Å². The summed E-state index contributed by atoms with van der Waals surface area (Å²) in [6, 6.07) is -0.618. The Balaban J connectivity index is 0. The minimum absolute atomic E-state index is 0. The number of carboxylic acids is 1. The average molecular weight is 219 g/mol. The molecule has 0 bridgehead atoms. The van der Waals surface area contributed by atoms with Crippen molar-refractivity contribution < 1.29 is 15.0 Å². The van der Waals surface area contributed by atoms with Crippen molar-refractivity contribution in [3.63, 3.8) is 0 Å². The maximum absolute atomic E-state index is 10.4. The molecule has 0 aliphatic rings. The van der Waals surface area contributed by atoms with Gasteiger partial charge < -0.3 is 10.2 Å². The number of aliphatic hydroxyl groups excluding tert-OH is 1. The van der Waals surface area contributed by atoms with Crippen LogP contribution in [-0.4, -0.2) is 78.7 Å². The van der Waals surface area contributed by atoms with Gasteiger partial charge in [-0.25, -0.2) is 0 Å². The third-order valence-electron chi connectivity index (χ3n) is 1.25. The molecular weight excluding hydrogens is 206 g/mol. The fraction of sp³-hybridized carbons (Fsp3) is 0.833. The van der Waals surface area contributed by atoms with Crippen LogP contribution in [0.25, 0.3) is 0 Å². The molecule has 0 unspecified atom stereocenters. The number of aliphatic hydroxyl groups is 1. The molecule has 0 saturated heterocycles. The fourth-order valence-corrected chi connectivity index (χ4v) is 1.13. The molecule has 0 saturated carbocycles. The predicted molar refractivity (Wildman–Crippen MR) is 50.4 cm³/mol. The average Bonchev–Trinajstić information content (AvgIpc) is 1.97. The summed E-state index contributed by atoms with van der Waals surface area (Å²) in [7, 11) is 0. The molecule has 0 amide bonds. The summed E-state index contributed by atoms with van der Waals surface area (Å²) in [4.78, 5) is 10.4. The Morgan fingerprint density at radius 2 is 2.25 bits per heavy atom. The van der Waals surface area contributed by atoms with Gasteiger partial charge in [-0.3, -0.25) is 10.1 Å². The Bertz CT molecular complexity index is 125. The standard InChI is InChI=1S/C6H13NO3S.Ca/c1-11-3-2-5(6(9)10)7-4-8;/h5,7-8H,2-4H2,1H3,(H,9,10);/t5-;/m0./s1. The molecule has 2 radical (unpaired) electrons. The van der Waals surface area contributed by atoms with E-state index >= 15 is 0 Å². The number of nitrogens with one attached hydrogen (secondary N) is 1. The summed E-state index contributed by atoms with van der Waals surface area (Å²) >= 11 is 1.59. The van der Waals surface area contributed by atoms with E-state index in [9.17, 15) is 4.79 Å². The van der Waals surface area contributed by atoms with Gasteiger partial charge >= 0.3 is 5.97 Å². The van der Waals surface area contributed by atoms with Crippen LogP contribution in [0.1, 0.15) is 6.42 Å². The number of carbonyl (C=O) groups is 1. The fourth-order valence-electron chi connectivity index (χ4n) is 0.659. The topological polar surface area (TPSA) is 69.6 Å². The summed E-state index contributed by atoms with van der Waals surface area (Å²) in [5.74, 6) is -0.127. The first kappa shape index (κ1) is 15.5. The van der Waals surface area contributed by atoms with Crippen LogP contribution in [-0.2, 0) is 4.79 Å². The SMILES string of the molecule is CSCC[C@H](NCO)C(=O)O.[Ca]. The third kappa shape index (κ3) is 7.64. The van der Waals surface area contributed by atoms with Crippen molar-refractivity contribution in [1.82, 2.24) is 5.32 Å². The molecule has 0 fully saturated rings. The Morgan fingerprint density at radius 3 is 2.58 bits per heavy atom. The van der Waals surface area contributed by atoms with Crippen molar-refractivity contribution in [2.24, 2.45) is 0 Å². The zero-order chi connectivity index (χ0) is 8.69. The summed E-state index contributed by atoms with van der Waals surface area (Å²) in [6.07, 6.45) is 2.45. The second-order valence-corrected chi connectivity index (χ2v) is 3.02. The minimum atomic E-state index is -0.909. The molecule has 0 aliphatic carbocycles. The predicted octanol–water partition coefficient (Wildman–Crippen LogP) is -0.649. The molecule has 68 valence electrons. The molecule has 4 nitrogen and oxygen atoms in total. The maximum atomic E-state index is 10.4. The second kappa shape index (κ2) is 10.1. The molecule has 0 aliphatic heterocycles. The Kier molecular flexibility index (Phi) is 13.0. The van der Waals surface area contributed by atoms with E-state index in [2.05, 4.69) is 5.32 Å². The van der Waals surface area contributed by atoms with Crippen LogP contribution >= 0.6 is 11.8 Å². The smallest absolute Gasteiger partial charge is 0.320 e. The van der Waals surface area contributed by atoms with Gasteiger partial charge in [-0.1, -0.05) is 0 Å². The molecule has 0 rings (SSSR count). The molecular formula is C6H13CaNO3S. The molecule has 0 spiro atoms. The quantitative estimate of drug-likeness (QED) is 0.409. The molecule has 0 aromatic heterocycles. The van der Waals surface area contributed by atoms with Crippen molar-refractivity contribution in [3.8, 4) is 0 Å².